The van der Waals surface area contributed by atoms with Crippen LogP contribution in [0.5, 0.6) is 5.75 Å². The van der Waals surface area contributed by atoms with Crippen LogP contribution in [0.1, 0.15) is 25.5 Å². The fraction of sp³-hybridized carbons (Fsp3) is 0.385. The normalized spacial score (nSPS) is 32.7. The van der Waals surface area contributed by atoms with Crippen LogP contribution in [0.4, 0.5) is 0 Å². The molecule has 1 fully saturated rings. The molecule has 3 atom stereocenters. The van der Waals surface area contributed by atoms with Crippen molar-refractivity contribution in [2.45, 2.75) is 25.6 Å². The molecule has 0 spiro atoms. The van der Waals surface area contributed by atoms with Crippen molar-refractivity contribution in [2.24, 2.45) is 5.92 Å². The van der Waals surface area contributed by atoms with Gasteiger partial charge >= 0.3 is 0 Å². The van der Waals surface area contributed by atoms with Crippen molar-refractivity contribution in [3.05, 3.63) is 29.8 Å². The molecule has 5 heteroatoms. The Labute approximate surface area is 111 Å². The number of benzene rings is 1. The zero-order valence-electron chi connectivity index (χ0n) is 10.2. The van der Waals surface area contributed by atoms with Gasteiger partial charge in [-0.2, -0.15) is 0 Å². The Hall–Kier alpha value is -1.62. The molecular weight excluding hydrogens is 248 g/mol. The highest BCUT2D eigenvalue weighted by molar-refractivity contribution is 7.80. The van der Waals surface area contributed by atoms with E-state index in [9.17, 15) is 4.79 Å². The van der Waals surface area contributed by atoms with Crippen LogP contribution in [0.2, 0.25) is 0 Å². The fourth-order valence-electron chi connectivity index (χ4n) is 2.91. The molecular formula is C13H14N2O2S. The number of nitrogens with one attached hydrogen (secondary N) is 2. The van der Waals surface area contributed by atoms with Crippen LogP contribution in [0.3, 0.4) is 0 Å². The van der Waals surface area contributed by atoms with Crippen molar-refractivity contribution < 1.29 is 9.53 Å². The lowest BCUT2D eigenvalue weighted by Gasteiger charge is -2.50. The molecule has 2 aliphatic rings. The first-order chi connectivity index (χ1) is 8.51. The second-order valence-corrected chi connectivity index (χ2v) is 5.32. The molecule has 18 heavy (non-hydrogen) atoms. The molecule has 0 unspecified atom stereocenters. The predicted octanol–water partition coefficient (Wildman–Crippen LogP) is 1.52. The lowest BCUT2D eigenvalue weighted by Crippen LogP contribution is -2.69. The molecule has 0 aromatic heterocycles. The average molecular weight is 262 g/mol. The van der Waals surface area contributed by atoms with Gasteiger partial charge in [0.1, 0.15) is 17.5 Å². The van der Waals surface area contributed by atoms with Crippen LogP contribution < -0.4 is 15.4 Å². The maximum absolute atomic E-state index is 11.9. The number of carbonyl (C=O) groups excluding carboxylic acids is 1. The number of para-hydroxylation sites is 1. The molecule has 0 saturated carbocycles. The number of ether oxygens (including phenoxy) is 1. The van der Waals surface area contributed by atoms with E-state index < -0.39 is 5.72 Å². The van der Waals surface area contributed by atoms with Gasteiger partial charge in [-0.3, -0.25) is 4.79 Å². The summed E-state index contributed by atoms with van der Waals surface area (Å²) in [6.07, 6.45) is 0. The first-order valence-corrected chi connectivity index (χ1v) is 6.29. The van der Waals surface area contributed by atoms with Crippen LogP contribution >= 0.6 is 12.2 Å². The molecule has 2 aliphatic heterocycles. The quantitative estimate of drug-likeness (QED) is 0.752. The van der Waals surface area contributed by atoms with Gasteiger partial charge in [0.2, 0.25) is 0 Å². The van der Waals surface area contributed by atoms with Gasteiger partial charge in [0.25, 0.3) is 0 Å². The summed E-state index contributed by atoms with van der Waals surface area (Å²) >= 11 is 5.19. The minimum Gasteiger partial charge on any atom is -0.467 e. The topological polar surface area (TPSA) is 50.4 Å². The summed E-state index contributed by atoms with van der Waals surface area (Å²) in [4.78, 5) is 11.9. The standard InChI is InChI=1S/C13H14N2O2S/c1-7(16)10-11-8-5-3-4-6-9(8)17-13(10,2)15-12(18)14-11/h3-6,10-11H,1-2H3,(H2,14,15,18)/t10-,11+,13+/m1/s1. The first-order valence-electron chi connectivity index (χ1n) is 5.88. The molecule has 0 radical (unpaired) electrons. The number of hydrogen-bond donors (Lipinski definition) is 2. The van der Waals surface area contributed by atoms with E-state index in [-0.39, 0.29) is 17.7 Å². The monoisotopic (exact) mass is 262 g/mol. The molecule has 1 saturated heterocycles. The molecule has 0 aliphatic carbocycles. The second-order valence-electron chi connectivity index (χ2n) is 4.91. The molecule has 4 nitrogen and oxygen atoms in total. The predicted molar refractivity (Wildman–Crippen MR) is 71.3 cm³/mol. The fourth-order valence-corrected chi connectivity index (χ4v) is 3.24. The highest BCUT2D eigenvalue weighted by Crippen LogP contribution is 2.44. The van der Waals surface area contributed by atoms with Crippen molar-refractivity contribution in [3.63, 3.8) is 0 Å². The van der Waals surface area contributed by atoms with E-state index in [2.05, 4.69) is 10.6 Å². The van der Waals surface area contributed by atoms with Crippen molar-refractivity contribution in [2.75, 3.05) is 0 Å². The van der Waals surface area contributed by atoms with Crippen LogP contribution in [0, 0.1) is 5.92 Å². The lowest BCUT2D eigenvalue weighted by molar-refractivity contribution is -0.133. The maximum Gasteiger partial charge on any atom is 0.191 e. The zero-order valence-corrected chi connectivity index (χ0v) is 11.0. The number of fused-ring (bicyclic) bond motifs is 4. The third-order valence-corrected chi connectivity index (χ3v) is 3.81. The summed E-state index contributed by atoms with van der Waals surface area (Å²) in [5.74, 6) is 0.587. The molecule has 2 heterocycles. The van der Waals surface area contributed by atoms with Gasteiger partial charge in [0.15, 0.2) is 10.8 Å². The Morgan fingerprint density at radius 1 is 1.44 bits per heavy atom. The first kappa shape index (κ1) is 11.5. The van der Waals surface area contributed by atoms with Crippen LogP contribution in [-0.2, 0) is 4.79 Å². The Morgan fingerprint density at radius 3 is 2.89 bits per heavy atom. The van der Waals surface area contributed by atoms with Gasteiger partial charge in [-0.05, 0) is 32.1 Å². The zero-order chi connectivity index (χ0) is 12.9. The number of carbonyl (C=O) groups is 1. The van der Waals surface area contributed by atoms with Crippen molar-refractivity contribution in [3.8, 4) is 5.75 Å². The molecule has 2 N–H and O–H groups in total. The molecule has 1 aromatic carbocycles. The van der Waals surface area contributed by atoms with Crippen molar-refractivity contribution in [1.29, 1.82) is 0 Å². The van der Waals surface area contributed by atoms with Gasteiger partial charge in [-0.25, -0.2) is 0 Å². The van der Waals surface area contributed by atoms with Crippen LogP contribution in [0.25, 0.3) is 0 Å². The molecule has 94 valence electrons. The number of thiocarbonyl (C=S) groups is 1. The van der Waals surface area contributed by atoms with Crippen LogP contribution in [-0.4, -0.2) is 16.6 Å². The Morgan fingerprint density at radius 2 is 2.17 bits per heavy atom. The van der Waals surface area contributed by atoms with E-state index in [1.165, 1.54) is 0 Å². The summed E-state index contributed by atoms with van der Waals surface area (Å²) in [7, 11) is 0. The molecule has 1 aromatic rings. The third-order valence-electron chi connectivity index (χ3n) is 3.59. The number of ketones is 1. The van der Waals surface area contributed by atoms with E-state index >= 15 is 0 Å². The minimum atomic E-state index is -0.771. The van der Waals surface area contributed by atoms with Gasteiger partial charge in [-0.15, -0.1) is 0 Å². The van der Waals surface area contributed by atoms with Crippen LogP contribution in [0.15, 0.2) is 24.3 Å². The summed E-state index contributed by atoms with van der Waals surface area (Å²) in [6.45, 7) is 3.46. The summed E-state index contributed by atoms with van der Waals surface area (Å²) < 4.78 is 5.98. The second kappa shape index (κ2) is 3.68. The van der Waals surface area contributed by atoms with Gasteiger partial charge in [-0.1, -0.05) is 18.2 Å². The Bertz CT molecular complexity index is 546. The summed E-state index contributed by atoms with van der Waals surface area (Å²) in [5, 5.41) is 6.78. The third kappa shape index (κ3) is 1.50. The molecule has 3 rings (SSSR count). The van der Waals surface area contributed by atoms with E-state index in [4.69, 9.17) is 17.0 Å². The highest BCUT2D eigenvalue weighted by atomic mass is 32.1. The van der Waals surface area contributed by atoms with Gasteiger partial charge in [0.05, 0.1) is 6.04 Å². The summed E-state index contributed by atoms with van der Waals surface area (Å²) in [5.41, 5.74) is 0.215. The van der Waals surface area contributed by atoms with E-state index in [0.717, 1.165) is 11.3 Å². The average Bonchev–Trinajstić information content (AvgIpc) is 2.26. The SMILES string of the molecule is CC(=O)[C@@H]1[C@H]2NC(=S)N[C@@]1(C)Oc1ccccc12. The smallest absolute Gasteiger partial charge is 0.191 e. The molecule has 0 amide bonds. The van der Waals surface area contributed by atoms with E-state index in [0.29, 0.717) is 5.11 Å². The van der Waals surface area contributed by atoms with Gasteiger partial charge < -0.3 is 15.4 Å². The minimum absolute atomic E-state index is 0.0829. The Balaban J connectivity index is 2.17. The van der Waals surface area contributed by atoms with Crippen molar-refractivity contribution in [1.82, 2.24) is 10.6 Å². The van der Waals surface area contributed by atoms with Crippen molar-refractivity contribution >= 4 is 23.1 Å². The lowest BCUT2D eigenvalue weighted by atomic mass is 9.78. The summed E-state index contributed by atoms with van der Waals surface area (Å²) in [6, 6.07) is 7.62. The highest BCUT2D eigenvalue weighted by Gasteiger charge is 2.53. The number of hydrogen-bond acceptors (Lipinski definition) is 3. The number of rotatable bonds is 1. The number of Topliss-reactive ketones (excluding diaryl/α,β-unsaturated/α-hetero) is 1. The molecule has 2 bridgehead atoms. The Kier molecular flexibility index (Phi) is 2.35. The maximum atomic E-state index is 11.9. The largest absolute Gasteiger partial charge is 0.467 e. The van der Waals surface area contributed by atoms with E-state index in [1.54, 1.807) is 6.92 Å². The van der Waals surface area contributed by atoms with Gasteiger partial charge in [0, 0.05) is 5.56 Å². The van der Waals surface area contributed by atoms with E-state index in [1.807, 2.05) is 31.2 Å².